The van der Waals surface area contributed by atoms with Crippen LogP contribution in [0, 0.1) is 0 Å². The van der Waals surface area contributed by atoms with E-state index in [2.05, 4.69) is 25.4 Å². The van der Waals surface area contributed by atoms with Crippen LogP contribution in [0.3, 0.4) is 0 Å². The standard InChI is InChI=1S/C19H20N6O2/c1-12(2)15-10-14(24-19-21-11-22-25(15)19)18(26)20-9-5-8-17-23-13-6-3-4-7-16(13)27-17/h3-4,6-7,10-12H,5,8-9H2,1-2H3,(H,20,26). The Balaban J connectivity index is 1.38. The first-order chi connectivity index (χ1) is 13.1. The minimum absolute atomic E-state index is 0.197. The van der Waals surface area contributed by atoms with Crippen LogP contribution in [0.4, 0.5) is 0 Å². The van der Waals surface area contributed by atoms with E-state index in [9.17, 15) is 4.79 Å². The Morgan fingerprint density at radius 2 is 2.11 bits per heavy atom. The average molecular weight is 364 g/mol. The van der Waals surface area contributed by atoms with E-state index in [4.69, 9.17) is 4.42 Å². The van der Waals surface area contributed by atoms with Gasteiger partial charge in [0.1, 0.15) is 17.5 Å². The minimum Gasteiger partial charge on any atom is -0.441 e. The summed E-state index contributed by atoms with van der Waals surface area (Å²) < 4.78 is 7.35. The topological polar surface area (TPSA) is 98.2 Å². The quantitative estimate of drug-likeness (QED) is 0.528. The van der Waals surface area contributed by atoms with Crippen molar-refractivity contribution in [2.45, 2.75) is 32.6 Å². The summed E-state index contributed by atoms with van der Waals surface area (Å²) in [5.74, 6) is 1.08. The van der Waals surface area contributed by atoms with Crippen LogP contribution in [0.2, 0.25) is 0 Å². The molecule has 3 heterocycles. The van der Waals surface area contributed by atoms with Gasteiger partial charge in [-0.2, -0.15) is 10.1 Å². The van der Waals surface area contributed by atoms with E-state index in [-0.39, 0.29) is 11.8 Å². The van der Waals surface area contributed by atoms with Gasteiger partial charge in [-0.15, -0.1) is 0 Å². The normalized spacial score (nSPS) is 11.5. The number of hydrogen-bond acceptors (Lipinski definition) is 6. The van der Waals surface area contributed by atoms with Crippen molar-refractivity contribution in [3.8, 4) is 0 Å². The van der Waals surface area contributed by atoms with E-state index < -0.39 is 0 Å². The van der Waals surface area contributed by atoms with Gasteiger partial charge in [-0.25, -0.2) is 14.5 Å². The summed E-state index contributed by atoms with van der Waals surface area (Å²) in [6.07, 6.45) is 2.82. The number of carbonyl (C=O) groups is 1. The average Bonchev–Trinajstić information content (AvgIpc) is 3.30. The molecule has 0 aliphatic carbocycles. The highest BCUT2D eigenvalue weighted by atomic mass is 16.3. The van der Waals surface area contributed by atoms with Gasteiger partial charge in [0, 0.05) is 13.0 Å². The van der Waals surface area contributed by atoms with Crippen molar-refractivity contribution in [2.24, 2.45) is 0 Å². The van der Waals surface area contributed by atoms with Crippen LogP contribution in [-0.2, 0) is 6.42 Å². The number of benzene rings is 1. The number of aromatic nitrogens is 5. The Labute approximate surface area is 155 Å². The molecular weight excluding hydrogens is 344 g/mol. The summed E-state index contributed by atoms with van der Waals surface area (Å²) in [5.41, 5.74) is 2.88. The third kappa shape index (κ3) is 3.51. The van der Waals surface area contributed by atoms with Crippen molar-refractivity contribution < 1.29 is 9.21 Å². The molecule has 0 atom stereocenters. The lowest BCUT2D eigenvalue weighted by Crippen LogP contribution is -2.26. The molecule has 0 saturated heterocycles. The van der Waals surface area contributed by atoms with Crippen LogP contribution in [0.15, 0.2) is 41.1 Å². The number of hydrogen-bond donors (Lipinski definition) is 1. The van der Waals surface area contributed by atoms with Gasteiger partial charge in [-0.3, -0.25) is 4.79 Å². The molecule has 4 aromatic rings. The maximum Gasteiger partial charge on any atom is 0.270 e. The zero-order valence-corrected chi connectivity index (χ0v) is 15.2. The lowest BCUT2D eigenvalue weighted by molar-refractivity contribution is 0.0948. The Morgan fingerprint density at radius 1 is 1.26 bits per heavy atom. The fourth-order valence-corrected chi connectivity index (χ4v) is 2.92. The highest BCUT2D eigenvalue weighted by Gasteiger charge is 2.15. The Hall–Kier alpha value is -3.29. The highest BCUT2D eigenvalue weighted by Crippen LogP contribution is 2.16. The van der Waals surface area contributed by atoms with Crippen LogP contribution in [-0.4, -0.2) is 37.0 Å². The first kappa shape index (κ1) is 17.1. The number of aryl methyl sites for hydroxylation is 1. The van der Waals surface area contributed by atoms with E-state index in [1.807, 2.05) is 38.1 Å². The van der Waals surface area contributed by atoms with Gasteiger partial charge < -0.3 is 9.73 Å². The van der Waals surface area contributed by atoms with Crippen molar-refractivity contribution in [1.29, 1.82) is 0 Å². The largest absolute Gasteiger partial charge is 0.441 e. The van der Waals surface area contributed by atoms with Gasteiger partial charge in [0.15, 0.2) is 11.5 Å². The molecule has 0 radical (unpaired) electrons. The van der Waals surface area contributed by atoms with Crippen molar-refractivity contribution in [3.05, 3.63) is 53.9 Å². The highest BCUT2D eigenvalue weighted by molar-refractivity contribution is 5.92. The van der Waals surface area contributed by atoms with Crippen molar-refractivity contribution in [3.63, 3.8) is 0 Å². The summed E-state index contributed by atoms with van der Waals surface area (Å²) in [5, 5.41) is 7.06. The molecule has 0 fully saturated rings. The van der Waals surface area contributed by atoms with Crippen LogP contribution in [0.1, 0.15) is 48.3 Å². The number of carbonyl (C=O) groups excluding carboxylic acids is 1. The van der Waals surface area contributed by atoms with E-state index in [1.165, 1.54) is 6.33 Å². The maximum absolute atomic E-state index is 12.5. The summed E-state index contributed by atoms with van der Waals surface area (Å²) in [7, 11) is 0. The zero-order valence-electron chi connectivity index (χ0n) is 15.2. The third-order valence-corrected chi connectivity index (χ3v) is 4.29. The number of amides is 1. The molecule has 138 valence electrons. The number of fused-ring (bicyclic) bond motifs is 2. The summed E-state index contributed by atoms with van der Waals surface area (Å²) in [6.45, 7) is 4.59. The Bertz CT molecular complexity index is 1060. The number of rotatable bonds is 6. The molecule has 1 amide bonds. The summed E-state index contributed by atoms with van der Waals surface area (Å²) >= 11 is 0. The van der Waals surface area contributed by atoms with Gasteiger partial charge >= 0.3 is 0 Å². The monoisotopic (exact) mass is 364 g/mol. The number of para-hydroxylation sites is 2. The van der Waals surface area contributed by atoms with E-state index >= 15 is 0 Å². The van der Waals surface area contributed by atoms with Crippen molar-refractivity contribution >= 4 is 22.8 Å². The molecule has 8 heteroatoms. The SMILES string of the molecule is CC(C)c1cc(C(=O)NCCCc2nc3ccccc3o2)nc2ncnn12. The Kier molecular flexibility index (Phi) is 4.53. The molecular formula is C19H20N6O2. The number of nitrogens with zero attached hydrogens (tertiary/aromatic N) is 5. The maximum atomic E-state index is 12.5. The minimum atomic E-state index is -0.222. The third-order valence-electron chi connectivity index (χ3n) is 4.29. The van der Waals surface area contributed by atoms with E-state index in [1.54, 1.807) is 10.6 Å². The number of oxazole rings is 1. The first-order valence-electron chi connectivity index (χ1n) is 8.95. The first-order valence-corrected chi connectivity index (χ1v) is 8.95. The predicted molar refractivity (Wildman–Crippen MR) is 99.5 cm³/mol. The molecule has 3 aromatic heterocycles. The van der Waals surface area contributed by atoms with Crippen LogP contribution < -0.4 is 5.32 Å². The lowest BCUT2D eigenvalue weighted by atomic mass is 10.1. The number of nitrogens with one attached hydrogen (secondary N) is 1. The molecule has 0 bridgehead atoms. The van der Waals surface area contributed by atoms with Gasteiger partial charge in [-0.1, -0.05) is 26.0 Å². The molecule has 4 rings (SSSR count). The van der Waals surface area contributed by atoms with Crippen LogP contribution >= 0.6 is 0 Å². The van der Waals surface area contributed by atoms with Gasteiger partial charge in [-0.05, 0) is 30.5 Å². The Morgan fingerprint density at radius 3 is 2.93 bits per heavy atom. The molecule has 0 aliphatic heterocycles. The molecule has 0 saturated carbocycles. The van der Waals surface area contributed by atoms with Crippen molar-refractivity contribution in [2.75, 3.05) is 6.54 Å². The van der Waals surface area contributed by atoms with Crippen LogP contribution in [0.25, 0.3) is 16.9 Å². The van der Waals surface area contributed by atoms with E-state index in [0.717, 1.165) is 23.2 Å². The molecule has 1 aromatic carbocycles. The van der Waals surface area contributed by atoms with Crippen LogP contribution in [0.5, 0.6) is 0 Å². The fourth-order valence-electron chi connectivity index (χ4n) is 2.92. The molecule has 1 N–H and O–H groups in total. The molecule has 27 heavy (non-hydrogen) atoms. The molecule has 0 spiro atoms. The second-order valence-corrected chi connectivity index (χ2v) is 6.63. The second-order valence-electron chi connectivity index (χ2n) is 6.63. The predicted octanol–water partition coefficient (Wildman–Crippen LogP) is 2.75. The smallest absolute Gasteiger partial charge is 0.270 e. The fraction of sp³-hybridized carbons (Fsp3) is 0.316. The second kappa shape index (κ2) is 7.14. The lowest BCUT2D eigenvalue weighted by Gasteiger charge is -2.10. The molecule has 8 nitrogen and oxygen atoms in total. The van der Waals surface area contributed by atoms with Gasteiger partial charge in [0.05, 0.1) is 5.69 Å². The van der Waals surface area contributed by atoms with Gasteiger partial charge in [0.25, 0.3) is 11.7 Å². The summed E-state index contributed by atoms with van der Waals surface area (Å²) in [4.78, 5) is 25.3. The molecule has 0 aliphatic rings. The van der Waals surface area contributed by atoms with E-state index in [0.29, 0.717) is 30.3 Å². The molecule has 0 unspecified atom stereocenters. The summed E-state index contributed by atoms with van der Waals surface area (Å²) in [6, 6.07) is 9.43. The van der Waals surface area contributed by atoms with Crippen molar-refractivity contribution in [1.82, 2.24) is 29.9 Å². The zero-order chi connectivity index (χ0) is 18.8. The van der Waals surface area contributed by atoms with Gasteiger partial charge in [0.2, 0.25) is 0 Å².